The van der Waals surface area contributed by atoms with Gasteiger partial charge in [0.1, 0.15) is 5.82 Å². The largest absolute Gasteiger partial charge is 0.309 e. The summed E-state index contributed by atoms with van der Waals surface area (Å²) in [5.41, 5.74) is 3.95. The average molecular weight is 300 g/mol. The van der Waals surface area contributed by atoms with Crippen molar-refractivity contribution < 1.29 is 4.39 Å². The molecule has 2 nitrogen and oxygen atoms in total. The highest BCUT2D eigenvalue weighted by Crippen LogP contribution is 2.16. The molecular formula is C17H17FN2S. The summed E-state index contributed by atoms with van der Waals surface area (Å²) in [6, 6.07) is 14.6. The van der Waals surface area contributed by atoms with Gasteiger partial charge in [-0.2, -0.15) is 17.0 Å². The third kappa shape index (κ3) is 4.59. The van der Waals surface area contributed by atoms with Crippen LogP contribution in [-0.4, -0.2) is 6.26 Å². The molecule has 0 saturated carbocycles. The van der Waals surface area contributed by atoms with Crippen molar-refractivity contribution in [1.82, 2.24) is 5.32 Å². The van der Waals surface area contributed by atoms with Gasteiger partial charge in [0.25, 0.3) is 0 Å². The number of thioether (sulfide) groups is 1. The van der Waals surface area contributed by atoms with Crippen molar-refractivity contribution in [3.05, 3.63) is 70.5 Å². The molecule has 0 aliphatic rings. The number of nitrogens with one attached hydrogen (secondary N) is 1. The lowest BCUT2D eigenvalue weighted by atomic mass is 10.1. The smallest absolute Gasteiger partial charge is 0.123 e. The second kappa shape index (κ2) is 7.82. The molecule has 0 fully saturated rings. The summed E-state index contributed by atoms with van der Waals surface area (Å²) in [4.78, 5) is 0. The molecule has 0 bridgehead atoms. The maximum atomic E-state index is 13.3. The summed E-state index contributed by atoms with van der Waals surface area (Å²) >= 11 is 1.69. The Morgan fingerprint density at radius 1 is 1.10 bits per heavy atom. The highest BCUT2D eigenvalue weighted by Gasteiger charge is 2.04. The van der Waals surface area contributed by atoms with E-state index >= 15 is 0 Å². The summed E-state index contributed by atoms with van der Waals surface area (Å²) in [6.07, 6.45) is 2.01. The SMILES string of the molecule is CSCc1cc(F)ccc1CNCc1ccc(C#N)cc1. The molecule has 0 radical (unpaired) electrons. The molecule has 0 heterocycles. The molecule has 0 unspecified atom stereocenters. The predicted molar refractivity (Wildman–Crippen MR) is 85.3 cm³/mol. The number of halogens is 1. The predicted octanol–water partition coefficient (Wildman–Crippen LogP) is 3.85. The minimum atomic E-state index is -0.185. The molecule has 0 atom stereocenters. The molecule has 1 N–H and O–H groups in total. The van der Waals surface area contributed by atoms with Gasteiger partial charge in [-0.3, -0.25) is 0 Å². The number of nitriles is 1. The first kappa shape index (κ1) is 15.6. The Balaban J connectivity index is 1.95. The Morgan fingerprint density at radius 3 is 2.52 bits per heavy atom. The van der Waals surface area contributed by atoms with Gasteiger partial charge in [-0.25, -0.2) is 4.39 Å². The van der Waals surface area contributed by atoms with E-state index in [1.54, 1.807) is 17.8 Å². The molecule has 2 aromatic rings. The van der Waals surface area contributed by atoms with E-state index in [2.05, 4.69) is 11.4 Å². The lowest BCUT2D eigenvalue weighted by Crippen LogP contribution is -2.14. The van der Waals surface area contributed by atoms with Crippen LogP contribution in [-0.2, 0) is 18.8 Å². The van der Waals surface area contributed by atoms with Crippen LogP contribution in [0.1, 0.15) is 22.3 Å². The van der Waals surface area contributed by atoms with Crippen molar-refractivity contribution in [3.63, 3.8) is 0 Å². The van der Waals surface area contributed by atoms with Crippen LogP contribution in [0.4, 0.5) is 4.39 Å². The zero-order valence-corrected chi connectivity index (χ0v) is 12.7. The maximum Gasteiger partial charge on any atom is 0.123 e. The number of rotatable bonds is 6. The van der Waals surface area contributed by atoms with E-state index in [4.69, 9.17) is 5.26 Å². The van der Waals surface area contributed by atoms with Crippen LogP contribution in [0.3, 0.4) is 0 Å². The van der Waals surface area contributed by atoms with Crippen molar-refractivity contribution in [2.45, 2.75) is 18.8 Å². The van der Waals surface area contributed by atoms with Gasteiger partial charge >= 0.3 is 0 Å². The lowest BCUT2D eigenvalue weighted by Gasteiger charge is -2.10. The first-order valence-corrected chi connectivity index (χ1v) is 8.08. The van der Waals surface area contributed by atoms with E-state index in [9.17, 15) is 4.39 Å². The summed E-state index contributed by atoms with van der Waals surface area (Å²) in [6.45, 7) is 1.43. The fraction of sp³-hybridized carbons (Fsp3) is 0.235. The van der Waals surface area contributed by atoms with Gasteiger partial charge in [-0.1, -0.05) is 18.2 Å². The Morgan fingerprint density at radius 2 is 1.86 bits per heavy atom. The van der Waals surface area contributed by atoms with Gasteiger partial charge in [-0.05, 0) is 47.2 Å². The highest BCUT2D eigenvalue weighted by molar-refractivity contribution is 7.97. The molecule has 0 aliphatic heterocycles. The van der Waals surface area contributed by atoms with Crippen LogP contribution in [0.25, 0.3) is 0 Å². The molecule has 0 aromatic heterocycles. The molecule has 2 aromatic carbocycles. The van der Waals surface area contributed by atoms with Crippen LogP contribution in [0.5, 0.6) is 0 Å². The zero-order valence-electron chi connectivity index (χ0n) is 11.9. The van der Waals surface area contributed by atoms with Crippen molar-refractivity contribution in [2.24, 2.45) is 0 Å². The second-order valence-electron chi connectivity index (χ2n) is 4.76. The Kier molecular flexibility index (Phi) is 5.79. The standard InChI is InChI=1S/C17H17FN2S/c1-21-12-16-8-17(18)7-6-15(16)11-20-10-14-4-2-13(9-19)3-5-14/h2-8,20H,10-12H2,1H3. The van der Waals surface area contributed by atoms with Gasteiger partial charge < -0.3 is 5.32 Å². The van der Waals surface area contributed by atoms with Gasteiger partial charge in [0, 0.05) is 18.8 Å². The Bertz CT molecular complexity index is 632. The fourth-order valence-corrected chi connectivity index (χ4v) is 2.68. The fourth-order valence-electron chi connectivity index (χ4n) is 2.10. The Hall–Kier alpha value is -1.83. The van der Waals surface area contributed by atoms with E-state index in [1.165, 1.54) is 6.07 Å². The molecule has 21 heavy (non-hydrogen) atoms. The molecule has 4 heteroatoms. The summed E-state index contributed by atoms with van der Waals surface area (Å²) in [5, 5.41) is 12.1. The molecule has 2 rings (SSSR count). The quantitative estimate of drug-likeness (QED) is 0.880. The van der Waals surface area contributed by atoms with Crippen molar-refractivity contribution in [2.75, 3.05) is 6.26 Å². The van der Waals surface area contributed by atoms with Crippen LogP contribution in [0, 0.1) is 17.1 Å². The van der Waals surface area contributed by atoms with Crippen LogP contribution >= 0.6 is 11.8 Å². The third-order valence-electron chi connectivity index (χ3n) is 3.20. The van der Waals surface area contributed by atoms with Crippen molar-refractivity contribution >= 4 is 11.8 Å². The average Bonchev–Trinajstić information content (AvgIpc) is 2.50. The van der Waals surface area contributed by atoms with Gasteiger partial charge in [-0.15, -0.1) is 0 Å². The Labute approximate surface area is 129 Å². The van der Waals surface area contributed by atoms with Crippen molar-refractivity contribution in [3.8, 4) is 6.07 Å². The molecule has 0 aliphatic carbocycles. The van der Waals surface area contributed by atoms with Crippen LogP contribution < -0.4 is 5.32 Å². The maximum absolute atomic E-state index is 13.3. The van der Waals surface area contributed by atoms with E-state index in [0.717, 1.165) is 29.0 Å². The normalized spacial score (nSPS) is 10.3. The summed E-state index contributed by atoms with van der Waals surface area (Å²) < 4.78 is 13.3. The van der Waals surface area contributed by atoms with Gasteiger partial charge in [0.2, 0.25) is 0 Å². The number of benzene rings is 2. The topological polar surface area (TPSA) is 35.8 Å². The second-order valence-corrected chi connectivity index (χ2v) is 5.62. The summed E-state index contributed by atoms with van der Waals surface area (Å²) in [7, 11) is 0. The summed E-state index contributed by atoms with van der Waals surface area (Å²) in [5.74, 6) is 0.626. The van der Waals surface area contributed by atoms with Gasteiger partial charge in [0.05, 0.1) is 11.6 Å². The third-order valence-corrected chi connectivity index (χ3v) is 3.80. The van der Waals surface area contributed by atoms with Gasteiger partial charge in [0.15, 0.2) is 0 Å². The van der Waals surface area contributed by atoms with E-state index in [1.807, 2.05) is 36.6 Å². The van der Waals surface area contributed by atoms with E-state index < -0.39 is 0 Å². The highest BCUT2D eigenvalue weighted by atomic mass is 32.2. The number of nitrogens with zero attached hydrogens (tertiary/aromatic N) is 1. The molecular weight excluding hydrogens is 283 g/mol. The van der Waals surface area contributed by atoms with E-state index in [-0.39, 0.29) is 5.82 Å². The molecule has 0 spiro atoms. The lowest BCUT2D eigenvalue weighted by molar-refractivity contribution is 0.622. The first-order chi connectivity index (χ1) is 10.2. The van der Waals surface area contributed by atoms with Crippen LogP contribution in [0.15, 0.2) is 42.5 Å². The number of hydrogen-bond donors (Lipinski definition) is 1. The molecule has 0 amide bonds. The number of hydrogen-bond acceptors (Lipinski definition) is 3. The molecule has 108 valence electrons. The minimum absolute atomic E-state index is 0.185. The molecule has 0 saturated heterocycles. The van der Waals surface area contributed by atoms with Crippen LogP contribution in [0.2, 0.25) is 0 Å². The van der Waals surface area contributed by atoms with Crippen molar-refractivity contribution in [1.29, 1.82) is 5.26 Å². The first-order valence-electron chi connectivity index (χ1n) is 6.69. The monoisotopic (exact) mass is 300 g/mol. The zero-order chi connectivity index (χ0) is 15.1. The minimum Gasteiger partial charge on any atom is -0.309 e. The van der Waals surface area contributed by atoms with E-state index in [0.29, 0.717) is 12.1 Å².